The Morgan fingerprint density at radius 2 is 1.84 bits per heavy atom. The van der Waals surface area contributed by atoms with Gasteiger partial charge in [-0.25, -0.2) is 0 Å². The predicted molar refractivity (Wildman–Crippen MR) is 107 cm³/mol. The molecule has 2 aliphatic rings. The molecule has 0 aromatic carbocycles. The van der Waals surface area contributed by atoms with Gasteiger partial charge in [-0.05, 0) is 43.6 Å². The summed E-state index contributed by atoms with van der Waals surface area (Å²) < 4.78 is 37.4. The molecule has 0 aliphatic carbocycles. The van der Waals surface area contributed by atoms with Crippen LogP contribution in [-0.2, 0) is 0 Å². The van der Waals surface area contributed by atoms with Crippen LogP contribution in [-0.4, -0.2) is 68.3 Å². The van der Waals surface area contributed by atoms with Crippen molar-refractivity contribution < 1.29 is 13.2 Å². The summed E-state index contributed by atoms with van der Waals surface area (Å²) in [4.78, 5) is 8.15. The third-order valence-corrected chi connectivity index (χ3v) is 4.92. The molecule has 1 N–H and O–H groups in total. The Morgan fingerprint density at radius 3 is 2.44 bits per heavy atom. The van der Waals surface area contributed by atoms with Gasteiger partial charge in [0.05, 0.1) is 6.54 Å². The maximum Gasteiger partial charge on any atom is 0.401 e. The van der Waals surface area contributed by atoms with Gasteiger partial charge in [0, 0.05) is 33.2 Å². The number of hydrogen-bond acceptors (Lipinski definition) is 2. The summed E-state index contributed by atoms with van der Waals surface area (Å²) in [5.74, 6) is 2.59. The lowest BCUT2D eigenvalue weighted by molar-refractivity contribution is -0.143. The summed E-state index contributed by atoms with van der Waals surface area (Å²) in [6.45, 7) is 7.51. The van der Waals surface area contributed by atoms with E-state index >= 15 is 0 Å². The van der Waals surface area contributed by atoms with Crippen LogP contribution in [0.4, 0.5) is 13.2 Å². The molecule has 0 aromatic rings. The molecule has 2 rings (SSSR count). The average molecular weight is 476 g/mol. The molecule has 4 nitrogen and oxygen atoms in total. The molecule has 8 heteroatoms. The second-order valence-electron chi connectivity index (χ2n) is 7.66. The molecule has 25 heavy (non-hydrogen) atoms. The summed E-state index contributed by atoms with van der Waals surface area (Å²) >= 11 is 0. The van der Waals surface area contributed by atoms with Gasteiger partial charge >= 0.3 is 6.18 Å². The van der Waals surface area contributed by atoms with Gasteiger partial charge in [0.25, 0.3) is 0 Å². The first-order chi connectivity index (χ1) is 11.3. The zero-order chi connectivity index (χ0) is 17.7. The van der Waals surface area contributed by atoms with Crippen LogP contribution in [0.3, 0.4) is 0 Å². The van der Waals surface area contributed by atoms with Crippen molar-refractivity contribution in [1.29, 1.82) is 0 Å². The average Bonchev–Trinajstić information content (AvgIpc) is 3.07. The van der Waals surface area contributed by atoms with E-state index in [1.165, 1.54) is 17.7 Å². The van der Waals surface area contributed by atoms with E-state index in [9.17, 15) is 13.2 Å². The zero-order valence-corrected chi connectivity index (χ0v) is 17.8. The lowest BCUT2D eigenvalue weighted by Crippen LogP contribution is -2.42. The van der Waals surface area contributed by atoms with Gasteiger partial charge in [-0.15, -0.1) is 24.0 Å². The molecule has 0 amide bonds. The van der Waals surface area contributed by atoms with Gasteiger partial charge in [-0.2, -0.15) is 13.2 Å². The highest BCUT2D eigenvalue weighted by molar-refractivity contribution is 14.0. The van der Waals surface area contributed by atoms with E-state index in [-0.39, 0.29) is 29.9 Å². The van der Waals surface area contributed by atoms with E-state index in [1.807, 2.05) is 0 Å². The number of hydrogen-bond donors (Lipinski definition) is 1. The molecule has 2 saturated heterocycles. The maximum absolute atomic E-state index is 12.5. The Kier molecular flexibility index (Phi) is 9.28. The molecular weight excluding hydrogens is 444 g/mol. The van der Waals surface area contributed by atoms with Gasteiger partial charge < -0.3 is 10.2 Å². The number of aliphatic imine (C=N–C) groups is 1. The van der Waals surface area contributed by atoms with Crippen LogP contribution in [0.1, 0.15) is 33.1 Å². The number of rotatable bonds is 5. The lowest BCUT2D eigenvalue weighted by atomic mass is 9.97. The van der Waals surface area contributed by atoms with Crippen LogP contribution in [0.15, 0.2) is 4.99 Å². The lowest BCUT2D eigenvalue weighted by Gasteiger charge is -2.24. The van der Waals surface area contributed by atoms with Gasteiger partial charge in [0.15, 0.2) is 5.96 Å². The van der Waals surface area contributed by atoms with Crippen molar-refractivity contribution in [3.63, 3.8) is 0 Å². The normalized spacial score (nSPS) is 25.6. The number of likely N-dealkylation sites (tertiary alicyclic amines) is 2. The Balaban J connectivity index is 0.00000312. The van der Waals surface area contributed by atoms with E-state index in [1.54, 1.807) is 7.05 Å². The summed E-state index contributed by atoms with van der Waals surface area (Å²) in [5, 5.41) is 3.38. The van der Waals surface area contributed by atoms with Crippen LogP contribution < -0.4 is 5.32 Å². The smallest absolute Gasteiger partial charge is 0.356 e. The molecule has 0 bridgehead atoms. The minimum atomic E-state index is -4.10. The topological polar surface area (TPSA) is 30.9 Å². The number of nitrogens with zero attached hydrogens (tertiary/aromatic N) is 3. The van der Waals surface area contributed by atoms with E-state index < -0.39 is 12.7 Å². The molecule has 0 saturated carbocycles. The van der Waals surface area contributed by atoms with Crippen molar-refractivity contribution in [3.05, 3.63) is 0 Å². The van der Waals surface area contributed by atoms with E-state index in [4.69, 9.17) is 0 Å². The first-order valence-electron chi connectivity index (χ1n) is 9.01. The molecule has 2 unspecified atom stereocenters. The van der Waals surface area contributed by atoms with E-state index in [0.29, 0.717) is 25.6 Å². The fraction of sp³-hybridized carbons (Fsp3) is 0.941. The molecule has 2 aliphatic heterocycles. The summed E-state index contributed by atoms with van der Waals surface area (Å²) in [6.07, 6.45) is -0.848. The number of alkyl halides is 3. The largest absolute Gasteiger partial charge is 0.401 e. The highest BCUT2D eigenvalue weighted by atomic mass is 127. The van der Waals surface area contributed by atoms with Crippen LogP contribution in [0.2, 0.25) is 0 Å². The van der Waals surface area contributed by atoms with Gasteiger partial charge in [-0.1, -0.05) is 13.8 Å². The summed E-state index contributed by atoms with van der Waals surface area (Å²) in [5.41, 5.74) is 0. The minimum Gasteiger partial charge on any atom is -0.356 e. The summed E-state index contributed by atoms with van der Waals surface area (Å²) in [6, 6.07) is 0. The van der Waals surface area contributed by atoms with Crippen molar-refractivity contribution in [2.75, 3.05) is 46.3 Å². The quantitative estimate of drug-likeness (QED) is 0.375. The molecular formula is C17H32F3IN4. The second-order valence-corrected chi connectivity index (χ2v) is 7.66. The van der Waals surface area contributed by atoms with E-state index in [2.05, 4.69) is 29.1 Å². The Morgan fingerprint density at radius 1 is 1.16 bits per heavy atom. The highest BCUT2D eigenvalue weighted by Gasteiger charge is 2.34. The monoisotopic (exact) mass is 476 g/mol. The van der Waals surface area contributed by atoms with Crippen molar-refractivity contribution in [3.8, 4) is 0 Å². The number of halogens is 4. The third kappa shape index (κ3) is 7.88. The summed E-state index contributed by atoms with van der Waals surface area (Å²) in [7, 11) is 1.78. The fourth-order valence-electron chi connectivity index (χ4n) is 3.93. The fourth-order valence-corrected chi connectivity index (χ4v) is 3.93. The first-order valence-corrected chi connectivity index (χ1v) is 9.01. The SMILES string of the molecule is CN=C(NCC1CCN(CC(F)(F)F)C1)N1CCC(CC(C)C)C1.I. The van der Waals surface area contributed by atoms with Crippen molar-refractivity contribution in [2.45, 2.75) is 39.3 Å². The minimum absolute atomic E-state index is 0. The first kappa shape index (κ1) is 22.8. The van der Waals surface area contributed by atoms with Crippen LogP contribution in [0.25, 0.3) is 0 Å². The molecule has 2 atom stereocenters. The number of nitrogens with one attached hydrogen (secondary N) is 1. The molecule has 0 aromatic heterocycles. The zero-order valence-electron chi connectivity index (χ0n) is 15.5. The van der Waals surface area contributed by atoms with Crippen molar-refractivity contribution >= 4 is 29.9 Å². The molecule has 0 spiro atoms. The van der Waals surface area contributed by atoms with Crippen LogP contribution in [0, 0.1) is 17.8 Å². The van der Waals surface area contributed by atoms with Gasteiger partial charge in [0.2, 0.25) is 0 Å². The standard InChI is InChI=1S/C17H31F3N4.HI/c1-13(2)8-14-5-7-24(11-14)16(21-3)22-9-15-4-6-23(10-15)12-17(18,19)20;/h13-15H,4-12H2,1-3H3,(H,21,22);1H. The van der Waals surface area contributed by atoms with E-state index in [0.717, 1.165) is 31.4 Å². The maximum atomic E-state index is 12.5. The predicted octanol–water partition coefficient (Wildman–Crippen LogP) is 3.43. The molecule has 0 radical (unpaired) electrons. The Hall–Kier alpha value is -0.250. The molecule has 148 valence electrons. The van der Waals surface area contributed by atoms with Gasteiger partial charge in [-0.3, -0.25) is 9.89 Å². The second kappa shape index (κ2) is 10.2. The Labute approximate surface area is 166 Å². The third-order valence-electron chi connectivity index (χ3n) is 4.92. The van der Waals surface area contributed by atoms with Gasteiger partial charge in [0.1, 0.15) is 0 Å². The Bertz CT molecular complexity index is 429. The van der Waals surface area contributed by atoms with Crippen molar-refractivity contribution in [1.82, 2.24) is 15.1 Å². The van der Waals surface area contributed by atoms with Crippen molar-refractivity contribution in [2.24, 2.45) is 22.7 Å². The molecule has 2 heterocycles. The van der Waals surface area contributed by atoms with Crippen LogP contribution in [0.5, 0.6) is 0 Å². The molecule has 2 fully saturated rings. The highest BCUT2D eigenvalue weighted by Crippen LogP contribution is 2.24. The van der Waals surface area contributed by atoms with Crippen LogP contribution >= 0.6 is 24.0 Å². The number of guanidine groups is 1.